The van der Waals surface area contributed by atoms with Crippen LogP contribution in [0.4, 0.5) is 0 Å². The molecule has 2 aromatic rings. The minimum atomic E-state index is -0.0194. The van der Waals surface area contributed by atoms with Crippen molar-refractivity contribution in [1.29, 1.82) is 0 Å². The Morgan fingerprint density at radius 1 is 1.04 bits per heavy atom. The van der Waals surface area contributed by atoms with Crippen molar-refractivity contribution in [2.75, 3.05) is 0 Å². The Balaban J connectivity index is 1.36. The van der Waals surface area contributed by atoms with Gasteiger partial charge in [-0.05, 0) is 80.8 Å². The maximum atomic E-state index is 12.8. The Bertz CT molecular complexity index is 792. The summed E-state index contributed by atoms with van der Waals surface area (Å²) in [6.07, 6.45) is 8.24. The molecule has 3 nitrogen and oxygen atoms in total. The number of hydrogen-bond acceptors (Lipinski definition) is 2. The summed E-state index contributed by atoms with van der Waals surface area (Å²) in [5, 5.41) is 4.39. The van der Waals surface area contributed by atoms with Gasteiger partial charge in [0, 0.05) is 11.4 Å². The number of hydrogen-bond donors (Lipinski definition) is 1. The Morgan fingerprint density at radius 3 is 2.36 bits per heavy atom. The molecule has 0 aliphatic heterocycles. The van der Waals surface area contributed by atoms with Gasteiger partial charge in [-0.25, -0.2) is 4.98 Å². The summed E-state index contributed by atoms with van der Waals surface area (Å²) in [7, 11) is 0. The first-order valence-electron chi connectivity index (χ1n) is 9.78. The van der Waals surface area contributed by atoms with Crippen molar-refractivity contribution in [3.8, 4) is 0 Å². The highest BCUT2D eigenvalue weighted by Crippen LogP contribution is 2.61. The quantitative estimate of drug-likeness (QED) is 0.893. The highest BCUT2D eigenvalue weighted by molar-refractivity contribution is 5.95. The zero-order chi connectivity index (χ0) is 17.0. The lowest BCUT2D eigenvalue weighted by Crippen LogP contribution is -2.55. The highest BCUT2D eigenvalue weighted by atomic mass is 16.1. The molecule has 1 heterocycles. The van der Waals surface area contributed by atoms with E-state index in [0.717, 1.165) is 28.7 Å². The van der Waals surface area contributed by atoms with Gasteiger partial charge in [0.15, 0.2) is 0 Å². The topological polar surface area (TPSA) is 42.0 Å². The number of nitrogens with one attached hydrogen (secondary N) is 1. The molecule has 4 aliphatic carbocycles. The SMILES string of the molecule is C[C@@H](NC(=O)c1ccc2ccccc2n1)C12CC3CC(CC(C3)C1)C2. The van der Waals surface area contributed by atoms with Crippen LogP contribution in [0.3, 0.4) is 0 Å². The standard InChI is InChI=1S/C22H26N2O/c1-14(22-11-15-8-16(12-22)10-17(9-15)13-22)23-21(25)20-7-6-18-4-2-3-5-19(18)24-20/h2-7,14-17H,8-13H2,1H3,(H,23,25)/t14-,15?,16?,17?,22?/m1/s1. The molecule has 1 N–H and O–H groups in total. The van der Waals surface area contributed by atoms with E-state index in [1.54, 1.807) is 0 Å². The van der Waals surface area contributed by atoms with Crippen LogP contribution in [-0.2, 0) is 0 Å². The van der Waals surface area contributed by atoms with E-state index < -0.39 is 0 Å². The number of nitrogens with zero attached hydrogens (tertiary/aromatic N) is 1. The molecular formula is C22H26N2O. The van der Waals surface area contributed by atoms with E-state index in [1.165, 1.54) is 38.5 Å². The molecule has 0 unspecified atom stereocenters. The van der Waals surface area contributed by atoms with Crippen LogP contribution >= 0.6 is 0 Å². The minimum Gasteiger partial charge on any atom is -0.348 e. The summed E-state index contributed by atoms with van der Waals surface area (Å²) in [4.78, 5) is 17.4. The Labute approximate surface area is 149 Å². The number of pyridine rings is 1. The summed E-state index contributed by atoms with van der Waals surface area (Å²) in [6, 6.07) is 12.0. The fraction of sp³-hybridized carbons (Fsp3) is 0.545. The van der Waals surface area contributed by atoms with Gasteiger partial charge in [-0.3, -0.25) is 4.79 Å². The summed E-state index contributed by atoms with van der Waals surface area (Å²) < 4.78 is 0. The third kappa shape index (κ3) is 2.56. The van der Waals surface area contributed by atoms with Crippen LogP contribution in [0.5, 0.6) is 0 Å². The van der Waals surface area contributed by atoms with Gasteiger partial charge in [0.2, 0.25) is 0 Å². The third-order valence-electron chi connectivity index (χ3n) is 7.18. The van der Waals surface area contributed by atoms with Crippen molar-refractivity contribution < 1.29 is 4.79 Å². The summed E-state index contributed by atoms with van der Waals surface area (Å²) in [5.74, 6) is 2.70. The van der Waals surface area contributed by atoms with E-state index in [-0.39, 0.29) is 11.9 Å². The first kappa shape index (κ1) is 15.4. The van der Waals surface area contributed by atoms with Crippen molar-refractivity contribution in [3.63, 3.8) is 0 Å². The van der Waals surface area contributed by atoms with Crippen LogP contribution in [-0.4, -0.2) is 16.9 Å². The van der Waals surface area contributed by atoms with Crippen LogP contribution in [0.25, 0.3) is 10.9 Å². The molecule has 1 aromatic heterocycles. The average molecular weight is 334 g/mol. The maximum Gasteiger partial charge on any atom is 0.270 e. The van der Waals surface area contributed by atoms with Gasteiger partial charge in [0.05, 0.1) is 5.52 Å². The molecule has 1 aromatic carbocycles. The summed E-state index contributed by atoms with van der Waals surface area (Å²) >= 11 is 0. The Morgan fingerprint density at radius 2 is 1.68 bits per heavy atom. The normalized spacial score (nSPS) is 34.2. The lowest BCUT2D eigenvalue weighted by atomic mass is 9.48. The van der Waals surface area contributed by atoms with Crippen molar-refractivity contribution in [2.24, 2.45) is 23.2 Å². The van der Waals surface area contributed by atoms with Gasteiger partial charge in [-0.1, -0.05) is 24.3 Å². The molecule has 1 amide bonds. The molecule has 130 valence electrons. The predicted molar refractivity (Wildman–Crippen MR) is 99.3 cm³/mol. The molecule has 4 aliphatic rings. The average Bonchev–Trinajstić information content (AvgIpc) is 2.60. The van der Waals surface area contributed by atoms with Crippen molar-refractivity contribution in [2.45, 2.75) is 51.5 Å². The molecule has 0 spiro atoms. The number of rotatable bonds is 3. The number of carbonyl (C=O) groups is 1. The number of benzene rings is 1. The van der Waals surface area contributed by atoms with E-state index >= 15 is 0 Å². The van der Waals surface area contributed by atoms with Gasteiger partial charge in [-0.2, -0.15) is 0 Å². The van der Waals surface area contributed by atoms with E-state index in [2.05, 4.69) is 17.2 Å². The number of para-hydroxylation sites is 1. The Hall–Kier alpha value is -1.90. The van der Waals surface area contributed by atoms with Crippen molar-refractivity contribution in [3.05, 3.63) is 42.1 Å². The van der Waals surface area contributed by atoms with Gasteiger partial charge in [0.1, 0.15) is 5.69 Å². The second kappa shape index (κ2) is 5.55. The molecule has 3 heteroatoms. The monoisotopic (exact) mass is 334 g/mol. The van der Waals surface area contributed by atoms with E-state index in [4.69, 9.17) is 0 Å². The van der Waals surface area contributed by atoms with Crippen LogP contribution in [0.2, 0.25) is 0 Å². The lowest BCUT2D eigenvalue weighted by Gasteiger charge is -2.59. The first-order chi connectivity index (χ1) is 12.1. The fourth-order valence-corrected chi connectivity index (χ4v) is 6.32. The van der Waals surface area contributed by atoms with Gasteiger partial charge in [-0.15, -0.1) is 0 Å². The molecular weight excluding hydrogens is 308 g/mol. The lowest BCUT2D eigenvalue weighted by molar-refractivity contribution is -0.0688. The maximum absolute atomic E-state index is 12.8. The first-order valence-corrected chi connectivity index (χ1v) is 9.78. The number of fused-ring (bicyclic) bond motifs is 1. The van der Waals surface area contributed by atoms with Crippen LogP contribution < -0.4 is 5.32 Å². The van der Waals surface area contributed by atoms with Gasteiger partial charge >= 0.3 is 0 Å². The molecule has 4 fully saturated rings. The minimum absolute atomic E-state index is 0.0194. The second-order valence-electron chi connectivity index (χ2n) is 8.86. The van der Waals surface area contributed by atoms with E-state index in [1.807, 2.05) is 36.4 Å². The van der Waals surface area contributed by atoms with Crippen molar-refractivity contribution in [1.82, 2.24) is 10.3 Å². The van der Waals surface area contributed by atoms with Crippen LogP contribution in [0, 0.1) is 23.2 Å². The zero-order valence-electron chi connectivity index (χ0n) is 14.9. The van der Waals surface area contributed by atoms with E-state index in [9.17, 15) is 4.79 Å². The molecule has 0 radical (unpaired) electrons. The van der Waals surface area contributed by atoms with Crippen LogP contribution in [0.15, 0.2) is 36.4 Å². The smallest absolute Gasteiger partial charge is 0.270 e. The molecule has 4 saturated carbocycles. The second-order valence-corrected chi connectivity index (χ2v) is 8.86. The van der Waals surface area contributed by atoms with Crippen molar-refractivity contribution >= 4 is 16.8 Å². The number of amides is 1. The predicted octanol–water partition coefficient (Wildman–Crippen LogP) is 4.57. The van der Waals surface area contributed by atoms with Gasteiger partial charge < -0.3 is 5.32 Å². The summed E-state index contributed by atoms with van der Waals surface area (Å²) in [6.45, 7) is 2.23. The zero-order valence-corrected chi connectivity index (χ0v) is 14.9. The van der Waals surface area contributed by atoms with Crippen LogP contribution in [0.1, 0.15) is 55.9 Å². The molecule has 0 saturated heterocycles. The molecule has 1 atom stereocenters. The number of aromatic nitrogens is 1. The Kier molecular flexibility index (Phi) is 3.41. The summed E-state index contributed by atoms with van der Waals surface area (Å²) in [5.41, 5.74) is 1.76. The fourth-order valence-electron chi connectivity index (χ4n) is 6.32. The highest BCUT2D eigenvalue weighted by Gasteiger charge is 2.53. The molecule has 25 heavy (non-hydrogen) atoms. The van der Waals surface area contributed by atoms with Gasteiger partial charge in [0.25, 0.3) is 5.91 Å². The molecule has 4 bridgehead atoms. The van der Waals surface area contributed by atoms with E-state index in [0.29, 0.717) is 11.1 Å². The molecule has 6 rings (SSSR count). The number of carbonyl (C=O) groups excluding carboxylic acids is 1. The third-order valence-corrected chi connectivity index (χ3v) is 7.18. The largest absolute Gasteiger partial charge is 0.348 e.